The Labute approximate surface area is 90.0 Å². The normalized spacial score (nSPS) is 10.4. The van der Waals surface area contributed by atoms with Crippen LogP contribution in [0.5, 0.6) is 5.75 Å². The molecule has 0 saturated carbocycles. The lowest BCUT2D eigenvalue weighted by Crippen LogP contribution is -2.14. The molecule has 0 aliphatic heterocycles. The van der Waals surface area contributed by atoms with Crippen LogP contribution < -0.4 is 4.74 Å². The van der Waals surface area contributed by atoms with Crippen LogP contribution in [0.25, 0.3) is 0 Å². The van der Waals surface area contributed by atoms with Crippen LogP contribution in [0, 0.1) is 0 Å². The molecule has 1 rings (SSSR count). The number of hydrogen-bond acceptors (Lipinski definition) is 3. The molecule has 0 unspecified atom stereocenters. The third-order valence-electron chi connectivity index (χ3n) is 1.96. The number of para-hydroxylation sites is 1. The molecule has 1 aromatic carbocycles. The molecule has 0 bridgehead atoms. The van der Waals surface area contributed by atoms with Crippen LogP contribution in [0.1, 0.15) is 24.2 Å². The first-order chi connectivity index (χ1) is 7.15. The van der Waals surface area contributed by atoms with Crippen LogP contribution in [-0.2, 0) is 4.74 Å². The monoisotopic (exact) mass is 208 g/mol. The lowest BCUT2D eigenvalue weighted by Gasteiger charge is -2.09. The topological polar surface area (TPSA) is 35.5 Å². The summed E-state index contributed by atoms with van der Waals surface area (Å²) in [6, 6.07) is 7.15. The molecule has 0 radical (unpaired) electrons. The predicted octanol–water partition coefficient (Wildman–Crippen LogP) is 2.30. The van der Waals surface area contributed by atoms with Crippen molar-refractivity contribution in [3.8, 4) is 5.75 Å². The van der Waals surface area contributed by atoms with Gasteiger partial charge in [-0.2, -0.15) is 0 Å². The molecule has 0 aromatic heterocycles. The van der Waals surface area contributed by atoms with Gasteiger partial charge in [0.05, 0.1) is 18.8 Å². The van der Waals surface area contributed by atoms with E-state index in [1.54, 1.807) is 19.2 Å². The Morgan fingerprint density at radius 1 is 1.33 bits per heavy atom. The van der Waals surface area contributed by atoms with Gasteiger partial charge in [-0.1, -0.05) is 12.1 Å². The molecule has 3 heteroatoms. The van der Waals surface area contributed by atoms with Gasteiger partial charge in [-0.05, 0) is 26.0 Å². The molecule has 15 heavy (non-hydrogen) atoms. The highest BCUT2D eigenvalue weighted by molar-refractivity contribution is 5.99. The Bertz CT molecular complexity index is 331. The fourth-order valence-electron chi connectivity index (χ4n) is 1.20. The highest BCUT2D eigenvalue weighted by Gasteiger charge is 2.11. The summed E-state index contributed by atoms with van der Waals surface area (Å²) in [5, 5.41) is 0. The van der Waals surface area contributed by atoms with Gasteiger partial charge >= 0.3 is 0 Å². The van der Waals surface area contributed by atoms with Crippen LogP contribution in [0.4, 0.5) is 0 Å². The van der Waals surface area contributed by atoms with E-state index in [1.807, 2.05) is 26.0 Å². The number of ether oxygens (including phenoxy) is 2. The van der Waals surface area contributed by atoms with Gasteiger partial charge in [-0.15, -0.1) is 0 Å². The van der Waals surface area contributed by atoms with Crippen molar-refractivity contribution in [2.75, 3.05) is 13.7 Å². The van der Waals surface area contributed by atoms with Crippen LogP contribution in [0.15, 0.2) is 24.3 Å². The zero-order valence-corrected chi connectivity index (χ0v) is 9.32. The molecule has 1 aromatic rings. The maximum absolute atomic E-state index is 11.7. The number of methoxy groups -OCH3 is 1. The minimum atomic E-state index is -0.0545. The zero-order chi connectivity index (χ0) is 11.3. The summed E-state index contributed by atoms with van der Waals surface area (Å²) in [4.78, 5) is 11.7. The van der Waals surface area contributed by atoms with Gasteiger partial charge in [0.25, 0.3) is 0 Å². The lowest BCUT2D eigenvalue weighted by atomic mass is 10.1. The van der Waals surface area contributed by atoms with Gasteiger partial charge in [0.15, 0.2) is 5.78 Å². The smallest absolute Gasteiger partial charge is 0.192 e. The molecule has 0 N–H and O–H groups in total. The van der Waals surface area contributed by atoms with E-state index in [0.29, 0.717) is 11.3 Å². The van der Waals surface area contributed by atoms with Gasteiger partial charge in [-0.3, -0.25) is 4.79 Å². The number of ketones is 1. The van der Waals surface area contributed by atoms with E-state index in [2.05, 4.69) is 0 Å². The Balaban J connectivity index is 2.72. The SMILES string of the molecule is COc1ccccc1C(=O)COC(C)C. The summed E-state index contributed by atoms with van der Waals surface area (Å²) in [5.41, 5.74) is 0.570. The molecule has 0 atom stereocenters. The zero-order valence-electron chi connectivity index (χ0n) is 9.32. The van der Waals surface area contributed by atoms with E-state index in [0.717, 1.165) is 0 Å². The third-order valence-corrected chi connectivity index (χ3v) is 1.96. The van der Waals surface area contributed by atoms with E-state index in [4.69, 9.17) is 9.47 Å². The molecule has 0 saturated heterocycles. The Morgan fingerprint density at radius 3 is 2.60 bits per heavy atom. The Kier molecular flexibility index (Phi) is 4.31. The molecule has 82 valence electrons. The predicted molar refractivity (Wildman–Crippen MR) is 58.4 cm³/mol. The van der Waals surface area contributed by atoms with E-state index < -0.39 is 0 Å². The Hall–Kier alpha value is -1.35. The highest BCUT2D eigenvalue weighted by Crippen LogP contribution is 2.17. The maximum atomic E-state index is 11.7. The van der Waals surface area contributed by atoms with Crippen molar-refractivity contribution >= 4 is 5.78 Å². The van der Waals surface area contributed by atoms with E-state index >= 15 is 0 Å². The lowest BCUT2D eigenvalue weighted by molar-refractivity contribution is 0.0582. The molecule has 0 amide bonds. The highest BCUT2D eigenvalue weighted by atomic mass is 16.5. The van der Waals surface area contributed by atoms with Gasteiger partial charge in [0, 0.05) is 0 Å². The maximum Gasteiger partial charge on any atom is 0.192 e. The van der Waals surface area contributed by atoms with Crippen molar-refractivity contribution in [1.29, 1.82) is 0 Å². The first-order valence-corrected chi connectivity index (χ1v) is 4.93. The second-order valence-corrected chi connectivity index (χ2v) is 3.48. The third kappa shape index (κ3) is 3.36. The molecule has 0 aliphatic carbocycles. The summed E-state index contributed by atoms with van der Waals surface area (Å²) in [6.45, 7) is 3.89. The second kappa shape index (κ2) is 5.51. The molecule has 0 heterocycles. The summed E-state index contributed by atoms with van der Waals surface area (Å²) < 4.78 is 10.3. The van der Waals surface area contributed by atoms with E-state index in [1.165, 1.54) is 0 Å². The average Bonchev–Trinajstić information content (AvgIpc) is 2.25. The summed E-state index contributed by atoms with van der Waals surface area (Å²) in [7, 11) is 1.55. The van der Waals surface area contributed by atoms with Gasteiger partial charge in [0.2, 0.25) is 0 Å². The standard InChI is InChI=1S/C12H16O3/c1-9(2)15-8-11(13)10-6-4-5-7-12(10)14-3/h4-7,9H,8H2,1-3H3. The van der Waals surface area contributed by atoms with Crippen molar-refractivity contribution in [3.05, 3.63) is 29.8 Å². The van der Waals surface area contributed by atoms with E-state index in [9.17, 15) is 4.79 Å². The molecule has 0 spiro atoms. The molecule has 0 fully saturated rings. The number of benzene rings is 1. The fourth-order valence-corrected chi connectivity index (χ4v) is 1.20. The molecule has 3 nitrogen and oxygen atoms in total. The van der Waals surface area contributed by atoms with Crippen LogP contribution in [0.3, 0.4) is 0 Å². The van der Waals surface area contributed by atoms with Crippen molar-refractivity contribution in [1.82, 2.24) is 0 Å². The largest absolute Gasteiger partial charge is 0.496 e. The van der Waals surface area contributed by atoms with Crippen LogP contribution in [-0.4, -0.2) is 25.6 Å². The molecular weight excluding hydrogens is 192 g/mol. The van der Waals surface area contributed by atoms with Gasteiger partial charge in [-0.25, -0.2) is 0 Å². The minimum Gasteiger partial charge on any atom is -0.496 e. The van der Waals surface area contributed by atoms with Crippen LogP contribution in [0.2, 0.25) is 0 Å². The van der Waals surface area contributed by atoms with Crippen molar-refractivity contribution in [2.45, 2.75) is 20.0 Å². The summed E-state index contributed by atoms with van der Waals surface area (Å²) in [5.74, 6) is 0.538. The number of carbonyl (C=O) groups is 1. The number of rotatable bonds is 5. The first kappa shape index (κ1) is 11.7. The number of hydrogen-bond donors (Lipinski definition) is 0. The summed E-state index contributed by atoms with van der Waals surface area (Å²) in [6.07, 6.45) is 0.0589. The first-order valence-electron chi connectivity index (χ1n) is 4.93. The van der Waals surface area contributed by atoms with Crippen LogP contribution >= 0.6 is 0 Å². The minimum absolute atomic E-state index is 0.0545. The quantitative estimate of drug-likeness (QED) is 0.696. The molecular formula is C12H16O3. The number of Topliss-reactive ketones (excluding diaryl/α,β-unsaturated/α-hetero) is 1. The second-order valence-electron chi connectivity index (χ2n) is 3.48. The van der Waals surface area contributed by atoms with Crippen molar-refractivity contribution in [2.24, 2.45) is 0 Å². The average molecular weight is 208 g/mol. The fraction of sp³-hybridized carbons (Fsp3) is 0.417. The van der Waals surface area contributed by atoms with Crippen molar-refractivity contribution in [3.63, 3.8) is 0 Å². The Morgan fingerprint density at radius 2 is 2.00 bits per heavy atom. The number of carbonyl (C=O) groups excluding carboxylic acids is 1. The van der Waals surface area contributed by atoms with Gasteiger partial charge in [0.1, 0.15) is 12.4 Å². The van der Waals surface area contributed by atoms with E-state index in [-0.39, 0.29) is 18.5 Å². The molecule has 0 aliphatic rings. The van der Waals surface area contributed by atoms with Crippen molar-refractivity contribution < 1.29 is 14.3 Å². The summed E-state index contributed by atoms with van der Waals surface area (Å²) >= 11 is 0. The van der Waals surface area contributed by atoms with Gasteiger partial charge < -0.3 is 9.47 Å².